The Balaban J connectivity index is 2.05. The van der Waals surface area contributed by atoms with Crippen LogP contribution in [0, 0.1) is 0 Å². The number of methoxy groups -OCH3 is 1. The van der Waals surface area contributed by atoms with Crippen LogP contribution in [0.25, 0.3) is 0 Å². The summed E-state index contributed by atoms with van der Waals surface area (Å²) in [6.07, 6.45) is 0.705. The molecule has 2 aliphatic rings. The third-order valence-corrected chi connectivity index (χ3v) is 6.24. The Morgan fingerprint density at radius 3 is 2.81 bits per heavy atom. The Hall–Kier alpha value is -1.64. The van der Waals surface area contributed by atoms with E-state index in [9.17, 15) is 9.59 Å². The SMILES string of the molecule is CCC1SC2=NC(C)=C(C(=O)OCCOC)C(c3cccc(Br)c3)N2C1=O. The van der Waals surface area contributed by atoms with E-state index >= 15 is 0 Å². The van der Waals surface area contributed by atoms with Gasteiger partial charge in [-0.3, -0.25) is 9.69 Å². The lowest BCUT2D eigenvalue weighted by molar-refractivity contribution is -0.141. The van der Waals surface area contributed by atoms with Crippen LogP contribution in [0.3, 0.4) is 0 Å². The number of carbonyl (C=O) groups excluding carboxylic acids is 2. The van der Waals surface area contributed by atoms with Crippen LogP contribution in [-0.2, 0) is 19.1 Å². The molecule has 2 aliphatic heterocycles. The standard InChI is InChI=1S/C19H21BrN2O4S/c1-4-14-17(23)22-16(12-6-5-7-13(20)10-12)15(11(2)21-19(22)27-14)18(24)26-9-8-25-3/h5-7,10,14,16H,4,8-9H2,1-3H3. The molecule has 2 atom stereocenters. The van der Waals surface area contributed by atoms with E-state index < -0.39 is 12.0 Å². The van der Waals surface area contributed by atoms with Gasteiger partial charge in [-0.2, -0.15) is 0 Å². The average molecular weight is 453 g/mol. The van der Waals surface area contributed by atoms with Crippen LogP contribution < -0.4 is 0 Å². The number of aliphatic imine (C=N–C) groups is 1. The smallest absolute Gasteiger partial charge is 0.338 e. The molecule has 1 amide bonds. The Bertz CT molecular complexity index is 824. The van der Waals surface area contributed by atoms with Gasteiger partial charge in [-0.15, -0.1) is 0 Å². The lowest BCUT2D eigenvalue weighted by Crippen LogP contribution is -2.40. The van der Waals surface area contributed by atoms with E-state index in [1.54, 1.807) is 18.9 Å². The monoisotopic (exact) mass is 452 g/mol. The first-order chi connectivity index (χ1) is 13.0. The Kier molecular flexibility index (Phi) is 6.39. The number of allylic oxidation sites excluding steroid dienone is 1. The number of ether oxygens (including phenoxy) is 2. The highest BCUT2D eigenvalue weighted by atomic mass is 79.9. The van der Waals surface area contributed by atoms with Crippen molar-refractivity contribution >= 4 is 44.7 Å². The number of carbonyl (C=O) groups is 2. The highest BCUT2D eigenvalue weighted by Crippen LogP contribution is 2.44. The van der Waals surface area contributed by atoms with Gasteiger partial charge in [0.1, 0.15) is 6.61 Å². The molecule has 0 saturated carbocycles. The lowest BCUT2D eigenvalue weighted by atomic mass is 9.94. The molecule has 1 aromatic carbocycles. The molecular formula is C19H21BrN2O4S. The summed E-state index contributed by atoms with van der Waals surface area (Å²) in [5.74, 6) is -0.504. The third-order valence-electron chi connectivity index (χ3n) is 4.43. The molecule has 3 rings (SSSR count). The molecule has 144 valence electrons. The number of nitrogens with zero attached hydrogens (tertiary/aromatic N) is 2. The molecule has 0 aromatic heterocycles. The fourth-order valence-corrected chi connectivity index (χ4v) is 4.69. The molecule has 2 heterocycles. The minimum Gasteiger partial charge on any atom is -0.460 e. The van der Waals surface area contributed by atoms with Crippen molar-refractivity contribution in [2.24, 2.45) is 4.99 Å². The number of rotatable bonds is 6. The second kappa shape index (κ2) is 8.58. The number of esters is 1. The quantitative estimate of drug-likeness (QED) is 0.486. The number of thioether (sulfide) groups is 1. The highest BCUT2D eigenvalue weighted by Gasteiger charge is 2.47. The molecule has 0 aliphatic carbocycles. The highest BCUT2D eigenvalue weighted by molar-refractivity contribution is 9.10. The second-order valence-electron chi connectivity index (χ2n) is 6.20. The number of halogens is 1. The summed E-state index contributed by atoms with van der Waals surface area (Å²) in [5, 5.41) is 0.456. The van der Waals surface area contributed by atoms with Crippen LogP contribution in [0.4, 0.5) is 0 Å². The third kappa shape index (κ3) is 3.97. The maximum absolute atomic E-state index is 13.0. The molecule has 1 fully saturated rings. The summed E-state index contributed by atoms with van der Waals surface area (Å²) in [7, 11) is 1.55. The van der Waals surface area contributed by atoms with Gasteiger partial charge < -0.3 is 9.47 Å². The van der Waals surface area contributed by atoms with Crippen molar-refractivity contribution in [1.82, 2.24) is 4.90 Å². The zero-order chi connectivity index (χ0) is 19.6. The van der Waals surface area contributed by atoms with Crippen molar-refractivity contribution in [2.45, 2.75) is 31.6 Å². The molecule has 8 heteroatoms. The Labute approximate surface area is 171 Å². The molecule has 1 saturated heterocycles. The van der Waals surface area contributed by atoms with Crippen LogP contribution in [0.5, 0.6) is 0 Å². The maximum atomic E-state index is 13.0. The van der Waals surface area contributed by atoms with Gasteiger partial charge in [0.25, 0.3) is 0 Å². The summed E-state index contributed by atoms with van der Waals surface area (Å²) < 4.78 is 11.2. The summed E-state index contributed by atoms with van der Waals surface area (Å²) in [6, 6.07) is 7.07. The number of hydrogen-bond donors (Lipinski definition) is 0. The summed E-state index contributed by atoms with van der Waals surface area (Å²) in [5.41, 5.74) is 1.80. The van der Waals surface area contributed by atoms with Crippen molar-refractivity contribution in [3.05, 3.63) is 45.6 Å². The van der Waals surface area contributed by atoms with Crippen LogP contribution in [0.15, 0.2) is 45.0 Å². The molecule has 0 spiro atoms. The molecular weight excluding hydrogens is 432 g/mol. The van der Waals surface area contributed by atoms with Crippen molar-refractivity contribution in [3.63, 3.8) is 0 Å². The minimum atomic E-state index is -0.554. The second-order valence-corrected chi connectivity index (χ2v) is 8.29. The van der Waals surface area contributed by atoms with Gasteiger partial charge in [-0.05, 0) is 31.0 Å². The predicted octanol–water partition coefficient (Wildman–Crippen LogP) is 3.68. The summed E-state index contributed by atoms with van der Waals surface area (Å²) >= 11 is 4.93. The first kappa shape index (κ1) is 20.1. The number of hydrogen-bond acceptors (Lipinski definition) is 6. The van der Waals surface area contributed by atoms with Gasteiger partial charge in [-0.25, -0.2) is 9.79 Å². The molecule has 27 heavy (non-hydrogen) atoms. The molecule has 1 aromatic rings. The van der Waals surface area contributed by atoms with Gasteiger partial charge in [0.05, 0.1) is 29.2 Å². The molecule has 2 unspecified atom stereocenters. The van der Waals surface area contributed by atoms with Crippen molar-refractivity contribution in [3.8, 4) is 0 Å². The fraction of sp³-hybridized carbons (Fsp3) is 0.421. The van der Waals surface area contributed by atoms with E-state index in [0.717, 1.165) is 10.0 Å². The Morgan fingerprint density at radius 1 is 1.37 bits per heavy atom. The average Bonchev–Trinajstić information content (AvgIpc) is 2.96. The van der Waals surface area contributed by atoms with Crippen molar-refractivity contribution in [2.75, 3.05) is 20.3 Å². The van der Waals surface area contributed by atoms with Crippen LogP contribution in [0.1, 0.15) is 31.9 Å². The van der Waals surface area contributed by atoms with Crippen molar-refractivity contribution < 1.29 is 19.1 Å². The van der Waals surface area contributed by atoms with E-state index in [1.807, 2.05) is 31.2 Å². The van der Waals surface area contributed by atoms with Gasteiger partial charge in [-0.1, -0.05) is 46.7 Å². The first-order valence-electron chi connectivity index (χ1n) is 8.68. The topological polar surface area (TPSA) is 68.2 Å². The largest absolute Gasteiger partial charge is 0.460 e. The maximum Gasteiger partial charge on any atom is 0.338 e. The van der Waals surface area contributed by atoms with E-state index in [-0.39, 0.29) is 17.8 Å². The van der Waals surface area contributed by atoms with Crippen LogP contribution in [-0.4, -0.2) is 47.5 Å². The van der Waals surface area contributed by atoms with Gasteiger partial charge in [0.15, 0.2) is 5.17 Å². The number of amides is 1. The van der Waals surface area contributed by atoms with E-state index in [4.69, 9.17) is 9.47 Å². The van der Waals surface area contributed by atoms with Crippen LogP contribution in [0.2, 0.25) is 0 Å². The zero-order valence-electron chi connectivity index (χ0n) is 15.4. The van der Waals surface area contributed by atoms with Gasteiger partial charge >= 0.3 is 5.97 Å². The molecule has 0 bridgehead atoms. The van der Waals surface area contributed by atoms with Crippen LogP contribution >= 0.6 is 27.7 Å². The molecule has 6 nitrogen and oxygen atoms in total. The van der Waals surface area contributed by atoms with Gasteiger partial charge in [0.2, 0.25) is 5.91 Å². The minimum absolute atomic E-state index is 0.0269. The molecule has 0 radical (unpaired) electrons. The summed E-state index contributed by atoms with van der Waals surface area (Å²) in [4.78, 5) is 32.0. The first-order valence-corrected chi connectivity index (χ1v) is 10.4. The van der Waals surface area contributed by atoms with Gasteiger partial charge in [0, 0.05) is 11.6 Å². The summed E-state index contributed by atoms with van der Waals surface area (Å²) in [6.45, 7) is 4.22. The number of benzene rings is 1. The van der Waals surface area contributed by atoms with E-state index in [0.29, 0.717) is 29.5 Å². The van der Waals surface area contributed by atoms with Crippen molar-refractivity contribution in [1.29, 1.82) is 0 Å². The predicted molar refractivity (Wildman–Crippen MR) is 108 cm³/mol. The van der Waals surface area contributed by atoms with E-state index in [2.05, 4.69) is 20.9 Å². The fourth-order valence-electron chi connectivity index (χ4n) is 3.14. The Morgan fingerprint density at radius 2 is 2.15 bits per heavy atom. The normalized spacial score (nSPS) is 22.0. The molecule has 0 N–H and O–H groups in total. The lowest BCUT2D eigenvalue weighted by Gasteiger charge is -2.33. The van der Waals surface area contributed by atoms with E-state index in [1.165, 1.54) is 11.8 Å². The number of amidine groups is 1. The number of fused-ring (bicyclic) bond motifs is 1. The zero-order valence-corrected chi connectivity index (χ0v) is 17.8.